The monoisotopic (exact) mass is 227 g/mol. The van der Waals surface area contributed by atoms with Gasteiger partial charge in [0.25, 0.3) is 11.8 Å². The summed E-state index contributed by atoms with van der Waals surface area (Å²) in [6.45, 7) is 0. The van der Waals surface area contributed by atoms with Crippen molar-refractivity contribution in [3.05, 3.63) is 41.5 Å². The molecule has 0 aromatic heterocycles. The molecule has 2 aromatic carbocycles. The Hall–Kier alpha value is -2.40. The van der Waals surface area contributed by atoms with Gasteiger partial charge in [0.1, 0.15) is 0 Å². The van der Waals surface area contributed by atoms with Gasteiger partial charge in [-0.1, -0.05) is 12.1 Å². The second kappa shape index (κ2) is 3.05. The van der Waals surface area contributed by atoms with Crippen molar-refractivity contribution in [2.24, 2.45) is 5.84 Å². The molecule has 0 spiro atoms. The van der Waals surface area contributed by atoms with Crippen LogP contribution in [-0.4, -0.2) is 16.8 Å². The molecular formula is C12H9N3O2. The third-order valence-electron chi connectivity index (χ3n) is 2.97. The third-order valence-corrected chi connectivity index (χ3v) is 2.97. The number of carbonyl (C=O) groups is 2. The first-order valence-electron chi connectivity index (χ1n) is 5.06. The number of carbonyl (C=O) groups excluding carboxylic acids is 2. The molecule has 0 unspecified atom stereocenters. The molecule has 0 saturated carbocycles. The summed E-state index contributed by atoms with van der Waals surface area (Å²) in [5, 5.41) is 1.92. The summed E-state index contributed by atoms with van der Waals surface area (Å²) in [7, 11) is 0. The van der Waals surface area contributed by atoms with Gasteiger partial charge in [-0.25, -0.2) is 10.9 Å². The number of nitrogen functional groups attached to an aromatic ring is 1. The van der Waals surface area contributed by atoms with E-state index < -0.39 is 11.8 Å². The number of hydrazine groups is 1. The Balaban J connectivity index is 2.54. The molecule has 1 aliphatic heterocycles. The van der Waals surface area contributed by atoms with Crippen LogP contribution in [0.15, 0.2) is 30.3 Å². The van der Waals surface area contributed by atoms with Gasteiger partial charge in [0, 0.05) is 16.5 Å². The maximum atomic E-state index is 11.9. The predicted molar refractivity (Wildman–Crippen MR) is 63.0 cm³/mol. The Morgan fingerprint density at radius 2 is 1.59 bits per heavy atom. The van der Waals surface area contributed by atoms with Crippen LogP contribution in [0.5, 0.6) is 0 Å². The molecular weight excluding hydrogens is 218 g/mol. The lowest BCUT2D eigenvalue weighted by molar-refractivity contribution is 0.0610. The molecule has 2 amide bonds. The van der Waals surface area contributed by atoms with Gasteiger partial charge in [0.2, 0.25) is 0 Å². The van der Waals surface area contributed by atoms with Crippen molar-refractivity contribution in [1.82, 2.24) is 5.01 Å². The van der Waals surface area contributed by atoms with Gasteiger partial charge < -0.3 is 5.73 Å². The number of nitrogens with zero attached hydrogens (tertiary/aromatic N) is 1. The number of anilines is 1. The van der Waals surface area contributed by atoms with E-state index in [2.05, 4.69) is 0 Å². The average Bonchev–Trinajstić information content (AvgIpc) is 2.35. The number of benzene rings is 2. The highest BCUT2D eigenvalue weighted by molar-refractivity contribution is 6.26. The molecule has 0 saturated heterocycles. The van der Waals surface area contributed by atoms with E-state index in [9.17, 15) is 9.59 Å². The smallest absolute Gasteiger partial charge is 0.275 e. The average molecular weight is 227 g/mol. The largest absolute Gasteiger partial charge is 0.398 e. The van der Waals surface area contributed by atoms with Crippen LogP contribution in [0.2, 0.25) is 0 Å². The van der Waals surface area contributed by atoms with E-state index in [1.807, 2.05) is 0 Å². The molecule has 3 rings (SSSR count). The van der Waals surface area contributed by atoms with E-state index in [0.29, 0.717) is 32.6 Å². The lowest BCUT2D eigenvalue weighted by Gasteiger charge is -2.23. The molecule has 5 nitrogen and oxygen atoms in total. The molecule has 0 fully saturated rings. The normalized spacial score (nSPS) is 14.5. The van der Waals surface area contributed by atoms with Crippen LogP contribution in [0, 0.1) is 0 Å². The molecule has 1 aliphatic rings. The number of nitrogens with two attached hydrogens (primary N) is 2. The lowest BCUT2D eigenvalue weighted by Crippen LogP contribution is -2.45. The summed E-state index contributed by atoms with van der Waals surface area (Å²) in [5.41, 5.74) is 7.19. The van der Waals surface area contributed by atoms with Crippen LogP contribution >= 0.6 is 0 Å². The van der Waals surface area contributed by atoms with Gasteiger partial charge in [0.05, 0.1) is 11.1 Å². The van der Waals surface area contributed by atoms with Crippen molar-refractivity contribution in [3.8, 4) is 0 Å². The standard InChI is InChI=1S/C12H9N3O2/c13-9-5-4-8-10-6(9)2-1-3-7(10)11(16)15(14)12(8)17/h1-5H,13-14H2. The fourth-order valence-electron chi connectivity index (χ4n) is 2.14. The van der Waals surface area contributed by atoms with Gasteiger partial charge in [0.15, 0.2) is 0 Å². The summed E-state index contributed by atoms with van der Waals surface area (Å²) in [4.78, 5) is 23.7. The number of imide groups is 1. The molecule has 0 radical (unpaired) electrons. The Morgan fingerprint density at radius 3 is 2.29 bits per heavy atom. The Kier molecular flexibility index (Phi) is 1.76. The van der Waals surface area contributed by atoms with Crippen molar-refractivity contribution < 1.29 is 9.59 Å². The quantitative estimate of drug-likeness (QED) is 0.303. The van der Waals surface area contributed by atoms with E-state index in [0.717, 1.165) is 0 Å². The molecule has 1 heterocycles. The van der Waals surface area contributed by atoms with Gasteiger partial charge in [-0.2, -0.15) is 0 Å². The second-order valence-electron chi connectivity index (χ2n) is 3.91. The number of hydrogen-bond donors (Lipinski definition) is 2. The minimum atomic E-state index is -0.501. The highest BCUT2D eigenvalue weighted by Gasteiger charge is 2.30. The molecule has 84 valence electrons. The van der Waals surface area contributed by atoms with Crippen LogP contribution in [0.25, 0.3) is 10.8 Å². The van der Waals surface area contributed by atoms with Gasteiger partial charge in [-0.15, -0.1) is 0 Å². The lowest BCUT2D eigenvalue weighted by atomic mass is 9.94. The maximum Gasteiger partial charge on any atom is 0.275 e. The first-order chi connectivity index (χ1) is 8.11. The zero-order valence-electron chi connectivity index (χ0n) is 8.81. The molecule has 5 heteroatoms. The molecule has 2 aromatic rings. The van der Waals surface area contributed by atoms with E-state index >= 15 is 0 Å². The van der Waals surface area contributed by atoms with Crippen molar-refractivity contribution in [2.75, 3.05) is 5.73 Å². The van der Waals surface area contributed by atoms with Gasteiger partial charge >= 0.3 is 0 Å². The zero-order valence-corrected chi connectivity index (χ0v) is 8.81. The third kappa shape index (κ3) is 1.11. The van der Waals surface area contributed by atoms with Gasteiger partial charge in [-0.05, 0) is 18.2 Å². The van der Waals surface area contributed by atoms with Crippen molar-refractivity contribution in [3.63, 3.8) is 0 Å². The summed E-state index contributed by atoms with van der Waals surface area (Å²) in [5.74, 6) is 4.45. The predicted octanol–water partition coefficient (Wildman–Crippen LogP) is 0.892. The fraction of sp³-hybridized carbons (Fsp3) is 0. The van der Waals surface area contributed by atoms with Crippen LogP contribution in [0.1, 0.15) is 20.7 Å². The van der Waals surface area contributed by atoms with E-state index in [1.165, 1.54) is 0 Å². The van der Waals surface area contributed by atoms with Crippen LogP contribution < -0.4 is 11.6 Å². The molecule has 0 aliphatic carbocycles. The SMILES string of the molecule is Nc1ccc2c3c(cccc13)C(=O)N(N)C2=O. The second-order valence-corrected chi connectivity index (χ2v) is 3.91. The molecule has 17 heavy (non-hydrogen) atoms. The van der Waals surface area contributed by atoms with Crippen LogP contribution in [-0.2, 0) is 0 Å². The van der Waals surface area contributed by atoms with E-state index in [4.69, 9.17) is 11.6 Å². The first kappa shape index (κ1) is 9.80. The number of hydrogen-bond acceptors (Lipinski definition) is 4. The van der Waals surface area contributed by atoms with Crippen molar-refractivity contribution in [1.29, 1.82) is 0 Å². The minimum absolute atomic E-state index is 0.409. The Morgan fingerprint density at radius 1 is 0.941 bits per heavy atom. The van der Waals surface area contributed by atoms with Crippen molar-refractivity contribution in [2.45, 2.75) is 0 Å². The summed E-state index contributed by atoms with van der Waals surface area (Å²) >= 11 is 0. The number of rotatable bonds is 0. The fourth-order valence-corrected chi connectivity index (χ4v) is 2.14. The minimum Gasteiger partial charge on any atom is -0.398 e. The highest BCUT2D eigenvalue weighted by Crippen LogP contribution is 2.31. The Bertz CT molecular complexity index is 657. The van der Waals surface area contributed by atoms with E-state index in [-0.39, 0.29) is 0 Å². The summed E-state index contributed by atoms with van der Waals surface area (Å²) < 4.78 is 0. The number of amides is 2. The summed E-state index contributed by atoms with van der Waals surface area (Å²) in [6, 6.07) is 8.38. The van der Waals surface area contributed by atoms with E-state index in [1.54, 1.807) is 30.3 Å². The zero-order chi connectivity index (χ0) is 12.2. The first-order valence-corrected chi connectivity index (χ1v) is 5.06. The van der Waals surface area contributed by atoms with Gasteiger partial charge in [-0.3, -0.25) is 9.59 Å². The Labute approximate surface area is 96.6 Å². The van der Waals surface area contributed by atoms with Crippen LogP contribution in [0.3, 0.4) is 0 Å². The summed E-state index contributed by atoms with van der Waals surface area (Å²) in [6.07, 6.45) is 0. The van der Waals surface area contributed by atoms with Crippen molar-refractivity contribution >= 4 is 28.3 Å². The maximum absolute atomic E-state index is 11.9. The molecule has 4 N–H and O–H groups in total. The molecule has 0 atom stereocenters. The highest BCUT2D eigenvalue weighted by atomic mass is 16.2. The topological polar surface area (TPSA) is 89.4 Å². The molecule has 0 bridgehead atoms. The van der Waals surface area contributed by atoms with Crippen LogP contribution in [0.4, 0.5) is 5.69 Å².